The Kier molecular flexibility index (Phi) is 6.84. The third kappa shape index (κ3) is 5.39. The molecule has 0 aliphatic carbocycles. The molecule has 0 radical (unpaired) electrons. The van der Waals surface area contributed by atoms with Crippen LogP contribution in [0.1, 0.15) is 23.6 Å². The van der Waals surface area contributed by atoms with Gasteiger partial charge >= 0.3 is 0 Å². The molecule has 1 aliphatic heterocycles. The third-order valence-electron chi connectivity index (χ3n) is 4.54. The van der Waals surface area contributed by atoms with Crippen LogP contribution in [-0.4, -0.2) is 33.5 Å². The zero-order valence-electron chi connectivity index (χ0n) is 15.4. The molecule has 0 bridgehead atoms. The number of aryl methyl sites for hydroxylation is 1. The molecular weight excluding hydrogens is 444 g/mol. The van der Waals surface area contributed by atoms with Crippen LogP contribution in [0.2, 0.25) is 0 Å². The van der Waals surface area contributed by atoms with E-state index in [1.54, 1.807) is 24.3 Å². The van der Waals surface area contributed by atoms with Crippen LogP contribution in [0, 0.1) is 6.92 Å². The van der Waals surface area contributed by atoms with Crippen molar-refractivity contribution in [2.45, 2.75) is 30.3 Å². The molecular formula is C19H23BrN4O3S. The van der Waals surface area contributed by atoms with Crippen molar-refractivity contribution in [2.75, 3.05) is 13.1 Å². The number of sulfonamides is 1. The standard InChI is InChI=1S/C19H23BrN4O3S/c1-13-2-8-16(9-3-13)28(26,27)22-11-10-21-19(25)18-12-17(23-24-18)14-4-6-15(20)7-5-14/h2-9,17-18,22-24H,10-12H2,1H3,(H,21,25). The summed E-state index contributed by atoms with van der Waals surface area (Å²) in [5.41, 5.74) is 8.21. The Morgan fingerprint density at radius 2 is 1.75 bits per heavy atom. The van der Waals surface area contributed by atoms with Crippen LogP contribution in [0.3, 0.4) is 0 Å². The number of benzene rings is 2. The predicted molar refractivity (Wildman–Crippen MR) is 111 cm³/mol. The van der Waals surface area contributed by atoms with Gasteiger partial charge in [-0.25, -0.2) is 24.0 Å². The summed E-state index contributed by atoms with van der Waals surface area (Å²) in [6.07, 6.45) is 0.614. The summed E-state index contributed by atoms with van der Waals surface area (Å²) < 4.78 is 27.9. The van der Waals surface area contributed by atoms with Gasteiger partial charge in [0, 0.05) is 23.6 Å². The van der Waals surface area contributed by atoms with E-state index in [0.717, 1.165) is 15.6 Å². The Hall–Kier alpha value is -1.78. The van der Waals surface area contributed by atoms with E-state index in [0.29, 0.717) is 6.42 Å². The lowest BCUT2D eigenvalue weighted by Crippen LogP contribution is -2.45. The lowest BCUT2D eigenvalue weighted by atomic mass is 10.0. The fraction of sp³-hybridized carbons (Fsp3) is 0.316. The van der Waals surface area contributed by atoms with Crippen molar-refractivity contribution in [3.05, 3.63) is 64.1 Å². The number of hydrogen-bond acceptors (Lipinski definition) is 5. The van der Waals surface area contributed by atoms with Crippen LogP contribution in [0.15, 0.2) is 57.9 Å². The molecule has 2 unspecified atom stereocenters. The van der Waals surface area contributed by atoms with Crippen LogP contribution in [0.4, 0.5) is 0 Å². The molecule has 9 heteroatoms. The minimum absolute atomic E-state index is 0.0453. The maximum atomic E-state index is 12.3. The molecule has 150 valence electrons. The van der Waals surface area contributed by atoms with Gasteiger partial charge in [0.2, 0.25) is 15.9 Å². The Balaban J connectivity index is 1.43. The molecule has 1 saturated heterocycles. The van der Waals surface area contributed by atoms with Crippen LogP contribution >= 0.6 is 15.9 Å². The van der Waals surface area contributed by atoms with Gasteiger partial charge < -0.3 is 5.32 Å². The van der Waals surface area contributed by atoms with Crippen molar-refractivity contribution in [1.82, 2.24) is 20.9 Å². The summed E-state index contributed by atoms with van der Waals surface area (Å²) >= 11 is 3.41. The molecule has 1 fully saturated rings. The van der Waals surface area contributed by atoms with Crippen molar-refractivity contribution in [3.63, 3.8) is 0 Å². The van der Waals surface area contributed by atoms with E-state index in [2.05, 4.69) is 36.8 Å². The number of amides is 1. The molecule has 1 aliphatic rings. The molecule has 0 spiro atoms. The monoisotopic (exact) mass is 466 g/mol. The number of hydrogen-bond donors (Lipinski definition) is 4. The van der Waals surface area contributed by atoms with E-state index in [1.165, 1.54) is 0 Å². The Bertz CT molecular complexity index is 917. The molecule has 2 aromatic carbocycles. The highest BCUT2D eigenvalue weighted by atomic mass is 79.9. The van der Waals surface area contributed by atoms with E-state index >= 15 is 0 Å². The lowest BCUT2D eigenvalue weighted by molar-refractivity contribution is -0.122. The minimum Gasteiger partial charge on any atom is -0.353 e. The number of halogens is 1. The van der Waals surface area contributed by atoms with E-state index in [-0.39, 0.29) is 36.0 Å². The van der Waals surface area contributed by atoms with Crippen molar-refractivity contribution in [3.8, 4) is 0 Å². The van der Waals surface area contributed by atoms with Gasteiger partial charge in [0.05, 0.1) is 4.90 Å². The fourth-order valence-corrected chi connectivity index (χ4v) is 4.23. The molecule has 4 N–H and O–H groups in total. The first kappa shape index (κ1) is 20.9. The zero-order chi connectivity index (χ0) is 20.1. The summed E-state index contributed by atoms with van der Waals surface area (Å²) in [5, 5.41) is 2.76. The molecule has 1 heterocycles. The first-order valence-corrected chi connectivity index (χ1v) is 11.2. The molecule has 0 saturated carbocycles. The summed E-state index contributed by atoms with van der Waals surface area (Å²) in [6.45, 7) is 2.23. The average Bonchev–Trinajstić information content (AvgIpc) is 3.16. The Morgan fingerprint density at radius 1 is 1.07 bits per heavy atom. The summed E-state index contributed by atoms with van der Waals surface area (Å²) in [4.78, 5) is 12.5. The number of carbonyl (C=O) groups excluding carboxylic acids is 1. The maximum Gasteiger partial charge on any atom is 0.240 e. The second-order valence-corrected chi connectivity index (χ2v) is 9.37. The first-order valence-electron chi connectivity index (χ1n) is 8.96. The Morgan fingerprint density at radius 3 is 2.43 bits per heavy atom. The Labute approximate surface area is 173 Å². The summed E-state index contributed by atoms with van der Waals surface area (Å²) in [7, 11) is -3.58. The van der Waals surface area contributed by atoms with Crippen LogP contribution in [-0.2, 0) is 14.8 Å². The largest absolute Gasteiger partial charge is 0.353 e. The number of rotatable bonds is 7. The number of hydrazine groups is 1. The van der Waals surface area contributed by atoms with E-state index in [1.807, 2.05) is 31.2 Å². The van der Waals surface area contributed by atoms with Crippen LogP contribution in [0.5, 0.6) is 0 Å². The van der Waals surface area contributed by atoms with Crippen LogP contribution < -0.4 is 20.9 Å². The van der Waals surface area contributed by atoms with Crippen LogP contribution in [0.25, 0.3) is 0 Å². The molecule has 2 aromatic rings. The van der Waals surface area contributed by atoms with E-state index in [4.69, 9.17) is 0 Å². The van der Waals surface area contributed by atoms with Gasteiger partial charge in [-0.1, -0.05) is 45.8 Å². The minimum atomic E-state index is -3.58. The molecule has 28 heavy (non-hydrogen) atoms. The van der Waals surface area contributed by atoms with Gasteiger partial charge in [-0.3, -0.25) is 4.79 Å². The van der Waals surface area contributed by atoms with E-state index < -0.39 is 10.0 Å². The van der Waals surface area contributed by atoms with Crippen molar-refractivity contribution < 1.29 is 13.2 Å². The highest BCUT2D eigenvalue weighted by Crippen LogP contribution is 2.23. The second-order valence-electron chi connectivity index (χ2n) is 6.68. The highest BCUT2D eigenvalue weighted by Gasteiger charge is 2.29. The van der Waals surface area contributed by atoms with Gasteiger partial charge in [0.25, 0.3) is 0 Å². The second kappa shape index (κ2) is 9.15. The predicted octanol–water partition coefficient (Wildman–Crippen LogP) is 1.76. The first-order chi connectivity index (χ1) is 13.3. The smallest absolute Gasteiger partial charge is 0.240 e. The molecule has 1 amide bonds. The van der Waals surface area contributed by atoms with Gasteiger partial charge in [-0.15, -0.1) is 0 Å². The molecule has 2 atom stereocenters. The lowest BCUT2D eigenvalue weighted by Gasteiger charge is -2.12. The average molecular weight is 467 g/mol. The molecule has 3 rings (SSSR count). The SMILES string of the molecule is Cc1ccc(S(=O)(=O)NCCNC(=O)C2CC(c3ccc(Br)cc3)NN2)cc1. The third-order valence-corrected chi connectivity index (χ3v) is 6.55. The van der Waals surface area contributed by atoms with Gasteiger partial charge in [-0.05, 0) is 43.2 Å². The maximum absolute atomic E-state index is 12.3. The van der Waals surface area contributed by atoms with Gasteiger partial charge in [0.15, 0.2) is 0 Å². The van der Waals surface area contributed by atoms with Crippen molar-refractivity contribution in [2.24, 2.45) is 0 Å². The molecule has 0 aromatic heterocycles. The normalized spacial score (nSPS) is 19.5. The highest BCUT2D eigenvalue weighted by molar-refractivity contribution is 9.10. The van der Waals surface area contributed by atoms with Gasteiger partial charge in [-0.2, -0.15) is 0 Å². The number of carbonyl (C=O) groups is 1. The zero-order valence-corrected chi connectivity index (χ0v) is 17.8. The quantitative estimate of drug-likeness (QED) is 0.466. The topological polar surface area (TPSA) is 99.3 Å². The number of nitrogens with one attached hydrogen (secondary N) is 4. The van der Waals surface area contributed by atoms with E-state index in [9.17, 15) is 13.2 Å². The van der Waals surface area contributed by atoms with Crippen molar-refractivity contribution >= 4 is 31.9 Å². The summed E-state index contributed by atoms with van der Waals surface area (Å²) in [5.74, 6) is -0.165. The van der Waals surface area contributed by atoms with Crippen molar-refractivity contribution in [1.29, 1.82) is 0 Å². The molecule has 7 nitrogen and oxygen atoms in total. The summed E-state index contributed by atoms with van der Waals surface area (Å²) in [6, 6.07) is 14.2. The fourth-order valence-electron chi connectivity index (χ4n) is 2.94. The van der Waals surface area contributed by atoms with Gasteiger partial charge in [0.1, 0.15) is 6.04 Å².